The lowest BCUT2D eigenvalue weighted by molar-refractivity contribution is 0.0954. The Morgan fingerprint density at radius 2 is 1.79 bits per heavy atom. The lowest BCUT2D eigenvalue weighted by atomic mass is 10.0. The van der Waals surface area contributed by atoms with E-state index in [0.29, 0.717) is 30.3 Å². The van der Waals surface area contributed by atoms with E-state index in [-0.39, 0.29) is 18.3 Å². The molecule has 2 rings (SSSR count). The van der Waals surface area contributed by atoms with Gasteiger partial charge in [-0.25, -0.2) is 0 Å². The van der Waals surface area contributed by atoms with E-state index >= 15 is 0 Å². The van der Waals surface area contributed by atoms with Crippen molar-refractivity contribution in [3.05, 3.63) is 59.1 Å². The normalized spacial score (nSPS) is 10.1. The van der Waals surface area contributed by atoms with Crippen molar-refractivity contribution >= 4 is 29.9 Å². The summed E-state index contributed by atoms with van der Waals surface area (Å²) < 4.78 is 4.94. The molecule has 0 radical (unpaired) electrons. The van der Waals surface area contributed by atoms with Gasteiger partial charge in [-0.2, -0.15) is 0 Å². The number of benzene rings is 2. The summed E-state index contributed by atoms with van der Waals surface area (Å²) in [5, 5.41) is 6.49. The first-order chi connectivity index (χ1) is 11.2. The molecule has 0 saturated carbocycles. The van der Waals surface area contributed by atoms with Gasteiger partial charge in [0.05, 0.1) is 17.2 Å². The molecule has 0 fully saturated rings. The molecule has 24 heavy (non-hydrogen) atoms. The molecule has 0 unspecified atom stereocenters. The largest absolute Gasteiger partial charge is 0.383 e. The van der Waals surface area contributed by atoms with Gasteiger partial charge in [-0.05, 0) is 23.3 Å². The molecule has 0 saturated heterocycles. The monoisotopic (exact) mass is 368 g/mol. The fourth-order valence-electron chi connectivity index (χ4n) is 2.17. The Morgan fingerprint density at radius 1 is 1.04 bits per heavy atom. The van der Waals surface area contributed by atoms with E-state index in [1.54, 1.807) is 13.2 Å². The van der Waals surface area contributed by atoms with Crippen LogP contribution in [0.1, 0.15) is 10.4 Å². The summed E-state index contributed by atoms with van der Waals surface area (Å²) in [4.78, 5) is 12.3. The standard InChI is InChI=1S/C18H21ClN2O2.ClH/c1-23-12-11-20-9-10-21-18(22)16-13-15(7-8-17(16)19)14-5-3-2-4-6-14;/h2-8,13,20H,9-12H2,1H3,(H,21,22);1H. The number of ether oxygens (including phenoxy) is 1. The summed E-state index contributed by atoms with van der Waals surface area (Å²) in [7, 11) is 1.66. The molecule has 0 aliphatic heterocycles. The van der Waals surface area contributed by atoms with Crippen LogP contribution >= 0.6 is 24.0 Å². The van der Waals surface area contributed by atoms with Crippen LogP contribution in [0.15, 0.2) is 48.5 Å². The van der Waals surface area contributed by atoms with Crippen LogP contribution in [0, 0.1) is 0 Å². The van der Waals surface area contributed by atoms with Gasteiger partial charge in [-0.15, -0.1) is 12.4 Å². The highest BCUT2D eigenvalue weighted by atomic mass is 35.5. The van der Waals surface area contributed by atoms with Crippen molar-refractivity contribution in [3.8, 4) is 11.1 Å². The molecular weight excluding hydrogens is 347 g/mol. The fraction of sp³-hybridized carbons (Fsp3) is 0.278. The second-order valence-corrected chi connectivity index (χ2v) is 5.47. The summed E-state index contributed by atoms with van der Waals surface area (Å²) in [5.74, 6) is -0.165. The van der Waals surface area contributed by atoms with Crippen molar-refractivity contribution < 1.29 is 9.53 Å². The topological polar surface area (TPSA) is 50.4 Å². The Morgan fingerprint density at radius 3 is 2.50 bits per heavy atom. The Bertz CT molecular complexity index is 636. The highest BCUT2D eigenvalue weighted by Gasteiger charge is 2.11. The molecule has 130 valence electrons. The number of hydrogen-bond acceptors (Lipinski definition) is 3. The van der Waals surface area contributed by atoms with Crippen LogP contribution in [0.5, 0.6) is 0 Å². The zero-order valence-corrected chi connectivity index (χ0v) is 15.1. The smallest absolute Gasteiger partial charge is 0.252 e. The number of halogens is 2. The van der Waals surface area contributed by atoms with E-state index in [1.807, 2.05) is 42.5 Å². The Kier molecular flexibility index (Phi) is 9.42. The highest BCUT2D eigenvalue weighted by molar-refractivity contribution is 6.34. The van der Waals surface area contributed by atoms with E-state index in [0.717, 1.165) is 17.7 Å². The fourth-order valence-corrected chi connectivity index (χ4v) is 2.37. The molecule has 0 spiro atoms. The van der Waals surface area contributed by atoms with Crippen LogP contribution in [0.3, 0.4) is 0 Å². The van der Waals surface area contributed by atoms with Crippen molar-refractivity contribution in [2.45, 2.75) is 0 Å². The third-order valence-corrected chi connectivity index (χ3v) is 3.72. The second kappa shape index (κ2) is 11.0. The maximum Gasteiger partial charge on any atom is 0.252 e. The Labute approximate surface area is 154 Å². The maximum atomic E-state index is 12.3. The SMILES string of the molecule is COCCNCCNC(=O)c1cc(-c2ccccc2)ccc1Cl.Cl. The molecule has 0 aromatic heterocycles. The summed E-state index contributed by atoms with van der Waals surface area (Å²) >= 11 is 6.17. The lowest BCUT2D eigenvalue weighted by Crippen LogP contribution is -2.33. The van der Waals surface area contributed by atoms with Crippen LogP contribution in [0.4, 0.5) is 0 Å². The molecule has 0 heterocycles. The number of hydrogen-bond donors (Lipinski definition) is 2. The molecular formula is C18H22Cl2N2O2. The summed E-state index contributed by atoms with van der Waals surface area (Å²) in [6.07, 6.45) is 0. The van der Waals surface area contributed by atoms with Gasteiger partial charge >= 0.3 is 0 Å². The molecule has 2 aromatic carbocycles. The predicted molar refractivity (Wildman–Crippen MR) is 101 cm³/mol. The van der Waals surface area contributed by atoms with Crippen LogP contribution in [-0.2, 0) is 4.74 Å². The first kappa shape index (κ1) is 20.5. The van der Waals surface area contributed by atoms with Crippen LogP contribution in [0.2, 0.25) is 5.02 Å². The maximum absolute atomic E-state index is 12.3. The van der Waals surface area contributed by atoms with Gasteiger partial charge in [-0.1, -0.05) is 48.0 Å². The van der Waals surface area contributed by atoms with Gasteiger partial charge in [0.2, 0.25) is 0 Å². The number of carbonyl (C=O) groups excluding carboxylic acids is 1. The molecule has 6 heteroatoms. The van der Waals surface area contributed by atoms with E-state index in [1.165, 1.54) is 0 Å². The second-order valence-electron chi connectivity index (χ2n) is 5.06. The summed E-state index contributed by atoms with van der Waals surface area (Å²) in [6.45, 7) is 2.63. The molecule has 0 aliphatic carbocycles. The molecule has 2 aromatic rings. The first-order valence-electron chi connectivity index (χ1n) is 7.55. The third-order valence-electron chi connectivity index (χ3n) is 3.39. The molecule has 0 atom stereocenters. The number of carbonyl (C=O) groups is 1. The van der Waals surface area contributed by atoms with Gasteiger partial charge in [0.1, 0.15) is 0 Å². The quantitative estimate of drug-likeness (QED) is 0.702. The molecule has 4 nitrogen and oxygen atoms in total. The van der Waals surface area contributed by atoms with Crippen molar-refractivity contribution in [1.29, 1.82) is 0 Å². The highest BCUT2D eigenvalue weighted by Crippen LogP contribution is 2.25. The van der Waals surface area contributed by atoms with Gasteiger partial charge in [0.25, 0.3) is 5.91 Å². The molecule has 0 aliphatic rings. The number of amides is 1. The van der Waals surface area contributed by atoms with Crippen molar-refractivity contribution in [2.24, 2.45) is 0 Å². The molecule has 0 bridgehead atoms. The predicted octanol–water partition coefficient (Wildman–Crippen LogP) is 3.39. The van der Waals surface area contributed by atoms with Gasteiger partial charge < -0.3 is 15.4 Å². The van der Waals surface area contributed by atoms with Gasteiger partial charge in [-0.3, -0.25) is 4.79 Å². The average Bonchev–Trinajstić information content (AvgIpc) is 2.59. The number of nitrogens with one attached hydrogen (secondary N) is 2. The summed E-state index contributed by atoms with van der Waals surface area (Å²) in [6, 6.07) is 15.4. The first-order valence-corrected chi connectivity index (χ1v) is 7.93. The van der Waals surface area contributed by atoms with Crippen LogP contribution in [-0.4, -0.2) is 39.3 Å². The van der Waals surface area contributed by atoms with Gasteiger partial charge in [0.15, 0.2) is 0 Å². The van der Waals surface area contributed by atoms with Crippen LogP contribution in [0.25, 0.3) is 11.1 Å². The summed E-state index contributed by atoms with van der Waals surface area (Å²) in [5.41, 5.74) is 2.52. The molecule has 2 N–H and O–H groups in total. The van der Waals surface area contributed by atoms with Crippen molar-refractivity contribution in [2.75, 3.05) is 33.4 Å². The third kappa shape index (κ3) is 6.13. The van der Waals surface area contributed by atoms with Gasteiger partial charge in [0, 0.05) is 26.7 Å². The van der Waals surface area contributed by atoms with E-state index in [2.05, 4.69) is 10.6 Å². The van der Waals surface area contributed by atoms with E-state index in [9.17, 15) is 4.79 Å². The number of methoxy groups -OCH3 is 1. The zero-order valence-electron chi connectivity index (χ0n) is 13.5. The minimum absolute atomic E-state index is 0. The Balaban J connectivity index is 0.00000288. The minimum Gasteiger partial charge on any atom is -0.383 e. The van der Waals surface area contributed by atoms with E-state index < -0.39 is 0 Å². The minimum atomic E-state index is -0.165. The lowest BCUT2D eigenvalue weighted by Gasteiger charge is -2.10. The van der Waals surface area contributed by atoms with Crippen molar-refractivity contribution in [1.82, 2.24) is 10.6 Å². The molecule has 1 amide bonds. The average molecular weight is 369 g/mol. The Hall–Kier alpha value is -1.59. The van der Waals surface area contributed by atoms with Crippen molar-refractivity contribution in [3.63, 3.8) is 0 Å². The number of rotatable bonds is 8. The van der Waals surface area contributed by atoms with Crippen LogP contribution < -0.4 is 10.6 Å². The zero-order chi connectivity index (χ0) is 16.5. The van der Waals surface area contributed by atoms with E-state index in [4.69, 9.17) is 16.3 Å².